The summed E-state index contributed by atoms with van der Waals surface area (Å²) in [6.07, 6.45) is 3.78. The molecule has 2 rings (SSSR count). The Bertz CT molecular complexity index is 461. The summed E-state index contributed by atoms with van der Waals surface area (Å²) in [5, 5.41) is 2.91. The van der Waals surface area contributed by atoms with Crippen LogP contribution in [0.15, 0.2) is 36.7 Å². The maximum atomic E-state index is 5.88. The number of nitrogens with zero attached hydrogens (tertiary/aromatic N) is 2. The first-order valence-electron chi connectivity index (χ1n) is 5.24. The molecule has 0 spiro atoms. The number of aromatic nitrogens is 2. The molecule has 3 nitrogen and oxygen atoms in total. The first-order chi connectivity index (χ1) is 7.72. The predicted octanol–water partition coefficient (Wildman–Crippen LogP) is 1.36. The Morgan fingerprint density at radius 3 is 2.50 bits per heavy atom. The summed E-state index contributed by atoms with van der Waals surface area (Å²) in [5.41, 5.74) is 1.21. The van der Waals surface area contributed by atoms with E-state index < -0.39 is 0 Å². The van der Waals surface area contributed by atoms with Crippen molar-refractivity contribution >= 4 is 11.6 Å². The highest BCUT2D eigenvalue weighted by molar-refractivity contribution is 6.30. The van der Waals surface area contributed by atoms with Gasteiger partial charge in [-0.05, 0) is 12.1 Å². The number of imidazole rings is 1. The molecule has 0 fully saturated rings. The van der Waals surface area contributed by atoms with Crippen LogP contribution in [0.1, 0.15) is 17.4 Å². The van der Waals surface area contributed by atoms with Crippen molar-refractivity contribution < 1.29 is 5.32 Å². The number of hydrogen-bond acceptors (Lipinski definition) is 1. The maximum absolute atomic E-state index is 5.88. The molecule has 0 amide bonds. The Morgan fingerprint density at radius 2 is 2.00 bits per heavy atom. The number of hydrogen-bond donors (Lipinski definition) is 1. The van der Waals surface area contributed by atoms with Crippen LogP contribution in [0.3, 0.4) is 0 Å². The van der Waals surface area contributed by atoms with Gasteiger partial charge in [0.05, 0.1) is 7.05 Å². The summed E-state index contributed by atoms with van der Waals surface area (Å²) in [4.78, 5) is 4.38. The fourth-order valence-electron chi connectivity index (χ4n) is 1.84. The van der Waals surface area contributed by atoms with E-state index in [0.717, 1.165) is 10.8 Å². The Kier molecular flexibility index (Phi) is 3.27. The van der Waals surface area contributed by atoms with Crippen molar-refractivity contribution in [2.24, 2.45) is 7.05 Å². The van der Waals surface area contributed by atoms with Crippen molar-refractivity contribution in [2.75, 3.05) is 7.05 Å². The summed E-state index contributed by atoms with van der Waals surface area (Å²) in [5.74, 6) is 1.05. The van der Waals surface area contributed by atoms with Crippen LogP contribution in [-0.2, 0) is 7.05 Å². The van der Waals surface area contributed by atoms with E-state index in [9.17, 15) is 0 Å². The monoisotopic (exact) mass is 236 g/mol. The molecule has 2 N–H and O–H groups in total. The number of halogens is 1. The van der Waals surface area contributed by atoms with Crippen LogP contribution in [0.4, 0.5) is 0 Å². The van der Waals surface area contributed by atoms with Crippen molar-refractivity contribution in [1.82, 2.24) is 9.55 Å². The molecule has 0 bridgehead atoms. The van der Waals surface area contributed by atoms with Gasteiger partial charge in [0.25, 0.3) is 0 Å². The van der Waals surface area contributed by atoms with Crippen molar-refractivity contribution in [1.29, 1.82) is 0 Å². The van der Waals surface area contributed by atoms with Gasteiger partial charge in [-0.3, -0.25) is 0 Å². The first-order valence-corrected chi connectivity index (χ1v) is 5.62. The minimum Gasteiger partial charge on any atom is -0.336 e. The number of quaternary nitrogens is 1. The molecular formula is C12H15ClN3+. The summed E-state index contributed by atoms with van der Waals surface area (Å²) >= 11 is 5.88. The molecule has 84 valence electrons. The second kappa shape index (κ2) is 4.68. The molecule has 16 heavy (non-hydrogen) atoms. The predicted molar refractivity (Wildman–Crippen MR) is 64.4 cm³/mol. The molecule has 2 aromatic rings. The lowest BCUT2D eigenvalue weighted by Crippen LogP contribution is -2.81. The van der Waals surface area contributed by atoms with Crippen LogP contribution in [0, 0.1) is 0 Å². The average molecular weight is 237 g/mol. The third-order valence-corrected chi connectivity index (χ3v) is 2.95. The summed E-state index contributed by atoms with van der Waals surface area (Å²) in [6.45, 7) is 0. The van der Waals surface area contributed by atoms with Gasteiger partial charge in [-0.15, -0.1) is 0 Å². The van der Waals surface area contributed by atoms with E-state index in [2.05, 4.69) is 10.3 Å². The lowest BCUT2D eigenvalue weighted by atomic mass is 10.1. The normalized spacial score (nSPS) is 12.7. The fourth-order valence-corrected chi connectivity index (χ4v) is 1.96. The molecule has 0 aliphatic rings. The van der Waals surface area contributed by atoms with E-state index in [0.29, 0.717) is 0 Å². The lowest BCUT2D eigenvalue weighted by molar-refractivity contribution is -0.662. The smallest absolute Gasteiger partial charge is 0.172 e. The largest absolute Gasteiger partial charge is 0.336 e. The molecular weight excluding hydrogens is 222 g/mol. The molecule has 0 saturated heterocycles. The maximum Gasteiger partial charge on any atom is 0.172 e. The minimum atomic E-state index is 0.220. The Morgan fingerprint density at radius 1 is 1.31 bits per heavy atom. The van der Waals surface area contributed by atoms with Crippen molar-refractivity contribution in [3.05, 3.63) is 53.1 Å². The zero-order chi connectivity index (χ0) is 11.5. The molecule has 1 aromatic heterocycles. The summed E-state index contributed by atoms with van der Waals surface area (Å²) in [6, 6.07) is 8.13. The minimum absolute atomic E-state index is 0.220. The summed E-state index contributed by atoms with van der Waals surface area (Å²) in [7, 11) is 4.06. The molecule has 0 radical (unpaired) electrons. The van der Waals surface area contributed by atoms with Gasteiger partial charge < -0.3 is 9.88 Å². The standard InChI is InChI=1S/C12H14ClN3/c1-14-11(12-15-7-8-16(12)2)9-3-5-10(13)6-4-9/h3-8,11,14H,1-2H3/p+1/t11-/m1/s1. The number of rotatable bonds is 3. The van der Waals surface area contributed by atoms with E-state index in [1.54, 1.807) is 0 Å². The molecule has 0 saturated carbocycles. The average Bonchev–Trinajstić information content (AvgIpc) is 2.69. The number of aryl methyl sites for hydroxylation is 1. The van der Waals surface area contributed by atoms with Crippen LogP contribution < -0.4 is 5.32 Å². The molecule has 1 atom stereocenters. The topological polar surface area (TPSA) is 34.4 Å². The van der Waals surface area contributed by atoms with Crippen molar-refractivity contribution in [3.63, 3.8) is 0 Å². The van der Waals surface area contributed by atoms with E-state index in [1.807, 2.05) is 55.3 Å². The van der Waals surface area contributed by atoms with Gasteiger partial charge in [0.2, 0.25) is 0 Å². The number of benzene rings is 1. The molecule has 0 aliphatic heterocycles. The second-order valence-corrected chi connectivity index (χ2v) is 4.20. The highest BCUT2D eigenvalue weighted by Crippen LogP contribution is 2.18. The Balaban J connectivity index is 2.37. The van der Waals surface area contributed by atoms with Crippen molar-refractivity contribution in [2.45, 2.75) is 6.04 Å². The van der Waals surface area contributed by atoms with Gasteiger partial charge >= 0.3 is 0 Å². The van der Waals surface area contributed by atoms with Gasteiger partial charge in [0.1, 0.15) is 0 Å². The molecule has 0 aliphatic carbocycles. The van der Waals surface area contributed by atoms with E-state index >= 15 is 0 Å². The second-order valence-electron chi connectivity index (χ2n) is 3.76. The van der Waals surface area contributed by atoms with Crippen LogP contribution in [0.25, 0.3) is 0 Å². The Hall–Kier alpha value is -1.32. The zero-order valence-corrected chi connectivity index (χ0v) is 10.1. The third-order valence-electron chi connectivity index (χ3n) is 2.70. The van der Waals surface area contributed by atoms with Gasteiger partial charge in [0.15, 0.2) is 11.9 Å². The summed E-state index contributed by atoms with van der Waals surface area (Å²) < 4.78 is 2.04. The molecule has 1 aromatic carbocycles. The van der Waals surface area contributed by atoms with E-state index in [-0.39, 0.29) is 6.04 Å². The highest BCUT2D eigenvalue weighted by atomic mass is 35.5. The van der Waals surface area contributed by atoms with Gasteiger partial charge in [-0.25, -0.2) is 4.98 Å². The third kappa shape index (κ3) is 2.10. The highest BCUT2D eigenvalue weighted by Gasteiger charge is 2.19. The van der Waals surface area contributed by atoms with Crippen molar-refractivity contribution in [3.8, 4) is 0 Å². The molecule has 1 heterocycles. The van der Waals surface area contributed by atoms with E-state index in [4.69, 9.17) is 11.6 Å². The Labute approximate surface area is 100 Å². The van der Waals surface area contributed by atoms with E-state index in [1.165, 1.54) is 5.56 Å². The SMILES string of the molecule is C[NH2+][C@H](c1ccc(Cl)cc1)c1nccn1C. The van der Waals surface area contributed by atoms with Gasteiger partial charge in [-0.1, -0.05) is 23.7 Å². The van der Waals surface area contributed by atoms with Crippen LogP contribution in [0.5, 0.6) is 0 Å². The molecule has 0 unspecified atom stereocenters. The van der Waals surface area contributed by atoms with Crippen LogP contribution >= 0.6 is 11.6 Å². The fraction of sp³-hybridized carbons (Fsp3) is 0.250. The lowest BCUT2D eigenvalue weighted by Gasteiger charge is -2.13. The van der Waals surface area contributed by atoms with Gasteiger partial charge in [0, 0.05) is 30.0 Å². The zero-order valence-electron chi connectivity index (χ0n) is 9.39. The van der Waals surface area contributed by atoms with Gasteiger partial charge in [-0.2, -0.15) is 0 Å². The first kappa shape index (κ1) is 11.2. The quantitative estimate of drug-likeness (QED) is 0.858. The van der Waals surface area contributed by atoms with Crippen LogP contribution in [-0.4, -0.2) is 16.6 Å². The number of nitrogens with two attached hydrogens (primary N) is 1. The molecule has 4 heteroatoms. The van der Waals surface area contributed by atoms with Crippen LogP contribution in [0.2, 0.25) is 5.02 Å².